The smallest absolute Gasteiger partial charge is 0.212 e. The highest BCUT2D eigenvalue weighted by atomic mass is 32.1. The van der Waals surface area contributed by atoms with Crippen molar-refractivity contribution in [2.24, 2.45) is 0 Å². The molecule has 0 saturated heterocycles. The van der Waals surface area contributed by atoms with Crippen LogP contribution in [0.2, 0.25) is 0 Å². The molecule has 2 aromatic rings. The number of rotatable bonds is 2. The zero-order valence-electron chi connectivity index (χ0n) is 9.92. The first-order valence-electron chi connectivity index (χ1n) is 5.50. The molecular formula is C14H15NOS. The van der Waals surface area contributed by atoms with Crippen molar-refractivity contribution in [3.8, 4) is 0 Å². The van der Waals surface area contributed by atoms with Gasteiger partial charge in [-0.2, -0.15) is 17.4 Å². The van der Waals surface area contributed by atoms with Crippen molar-refractivity contribution < 1.29 is 4.73 Å². The molecule has 0 amide bonds. The number of benzene rings is 1. The summed E-state index contributed by atoms with van der Waals surface area (Å²) < 4.78 is 0.281. The first kappa shape index (κ1) is 12.0. The normalized spacial score (nSPS) is 14.3. The van der Waals surface area contributed by atoms with E-state index in [1.165, 1.54) is 11.8 Å². The minimum absolute atomic E-state index is 0.587. The summed E-state index contributed by atoms with van der Waals surface area (Å²) in [5.41, 5.74) is 2.84. The molecule has 0 saturated carbocycles. The Morgan fingerprint density at radius 1 is 1.12 bits per heavy atom. The highest BCUT2D eigenvalue weighted by molar-refractivity contribution is 7.81. The van der Waals surface area contributed by atoms with Crippen LogP contribution in [0.4, 0.5) is 0 Å². The third-order valence-corrected chi connectivity index (χ3v) is 3.42. The fourth-order valence-corrected chi connectivity index (χ4v) is 2.15. The minimum Gasteiger partial charge on any atom is -0.618 e. The van der Waals surface area contributed by atoms with Gasteiger partial charge in [0.15, 0.2) is 6.20 Å². The third-order valence-electron chi connectivity index (χ3n) is 2.94. The topological polar surface area (TPSA) is 26.9 Å². The van der Waals surface area contributed by atoms with Gasteiger partial charge in [-0.3, -0.25) is 0 Å². The monoisotopic (exact) mass is 245 g/mol. The number of thiol groups is 1. The molecule has 0 radical (unpaired) electrons. The van der Waals surface area contributed by atoms with Crippen LogP contribution < -0.4 is 4.73 Å². The molecule has 0 aliphatic carbocycles. The largest absolute Gasteiger partial charge is 0.618 e. The molecule has 0 N–H and O–H groups in total. The molecule has 0 aliphatic heterocycles. The number of aromatic nitrogens is 1. The lowest BCUT2D eigenvalue weighted by molar-refractivity contribution is -0.615. The molecule has 1 heterocycles. The molecule has 0 spiro atoms. The van der Waals surface area contributed by atoms with Crippen LogP contribution in [0.1, 0.15) is 23.7 Å². The van der Waals surface area contributed by atoms with Gasteiger partial charge in [0, 0.05) is 12.1 Å². The molecule has 0 aliphatic rings. The van der Waals surface area contributed by atoms with Gasteiger partial charge in [-0.25, -0.2) is 0 Å². The van der Waals surface area contributed by atoms with Crippen LogP contribution in [-0.2, 0) is 4.75 Å². The van der Waals surface area contributed by atoms with Crippen LogP contribution in [0.25, 0.3) is 0 Å². The Kier molecular flexibility index (Phi) is 3.11. The predicted octanol–water partition coefficient (Wildman–Crippen LogP) is 2.82. The van der Waals surface area contributed by atoms with Gasteiger partial charge >= 0.3 is 0 Å². The highest BCUT2D eigenvalue weighted by Gasteiger charge is 2.31. The van der Waals surface area contributed by atoms with Crippen LogP contribution in [0.5, 0.6) is 0 Å². The van der Waals surface area contributed by atoms with Crippen LogP contribution in [0, 0.1) is 12.1 Å². The van der Waals surface area contributed by atoms with Crippen molar-refractivity contribution in [2.45, 2.75) is 18.6 Å². The van der Waals surface area contributed by atoms with Gasteiger partial charge in [0.1, 0.15) is 4.75 Å². The van der Waals surface area contributed by atoms with E-state index in [2.05, 4.69) is 12.6 Å². The summed E-state index contributed by atoms with van der Waals surface area (Å²) >= 11 is 4.65. The van der Waals surface area contributed by atoms with E-state index in [9.17, 15) is 5.21 Å². The van der Waals surface area contributed by atoms with Gasteiger partial charge in [0.05, 0.1) is 0 Å². The van der Waals surface area contributed by atoms with Crippen molar-refractivity contribution >= 4 is 12.6 Å². The van der Waals surface area contributed by atoms with E-state index in [0.29, 0.717) is 5.69 Å². The van der Waals surface area contributed by atoms with Crippen LogP contribution >= 0.6 is 12.6 Å². The molecule has 0 bridgehead atoms. The number of pyridine rings is 1. The Morgan fingerprint density at radius 2 is 1.76 bits per heavy atom. The quantitative estimate of drug-likeness (QED) is 0.491. The van der Waals surface area contributed by atoms with E-state index < -0.39 is 4.75 Å². The van der Waals surface area contributed by atoms with Crippen LogP contribution in [-0.4, -0.2) is 0 Å². The molecule has 17 heavy (non-hydrogen) atoms. The standard InChI is InChI=1S/C14H15NOS/c1-11-6-8-12(9-7-11)14(2,17)13-5-3-4-10-15(13)16/h3-10,17H,1-2H3. The van der Waals surface area contributed by atoms with E-state index in [-0.39, 0.29) is 0 Å². The summed E-state index contributed by atoms with van der Waals surface area (Å²) in [6, 6.07) is 13.5. The van der Waals surface area contributed by atoms with Crippen molar-refractivity contribution in [3.05, 3.63) is 70.7 Å². The van der Waals surface area contributed by atoms with Crippen LogP contribution in [0.15, 0.2) is 48.7 Å². The maximum Gasteiger partial charge on any atom is 0.212 e. The zero-order chi connectivity index (χ0) is 12.5. The number of hydrogen-bond acceptors (Lipinski definition) is 2. The molecule has 1 aromatic heterocycles. The average molecular weight is 245 g/mol. The lowest BCUT2D eigenvalue weighted by Crippen LogP contribution is -2.38. The Bertz CT molecular complexity index is 520. The van der Waals surface area contributed by atoms with Gasteiger partial charge in [-0.15, -0.1) is 0 Å². The van der Waals surface area contributed by atoms with E-state index >= 15 is 0 Å². The van der Waals surface area contributed by atoms with E-state index in [1.807, 2.05) is 44.2 Å². The van der Waals surface area contributed by atoms with Crippen molar-refractivity contribution in [2.75, 3.05) is 0 Å². The second-order valence-corrected chi connectivity index (χ2v) is 5.24. The molecule has 2 nitrogen and oxygen atoms in total. The second-order valence-electron chi connectivity index (χ2n) is 4.35. The second kappa shape index (κ2) is 4.41. The summed E-state index contributed by atoms with van der Waals surface area (Å²) in [7, 11) is 0. The summed E-state index contributed by atoms with van der Waals surface area (Å²) in [5, 5.41) is 11.8. The Labute approximate surface area is 107 Å². The van der Waals surface area contributed by atoms with E-state index in [4.69, 9.17) is 0 Å². The average Bonchev–Trinajstić information content (AvgIpc) is 2.30. The van der Waals surface area contributed by atoms with E-state index in [1.54, 1.807) is 12.1 Å². The fourth-order valence-electron chi connectivity index (χ4n) is 1.83. The van der Waals surface area contributed by atoms with Crippen molar-refractivity contribution in [1.82, 2.24) is 0 Å². The van der Waals surface area contributed by atoms with Gasteiger partial charge < -0.3 is 5.21 Å². The first-order chi connectivity index (χ1) is 8.01. The lowest BCUT2D eigenvalue weighted by atomic mass is 9.95. The molecule has 88 valence electrons. The van der Waals surface area contributed by atoms with E-state index in [0.717, 1.165) is 10.3 Å². The Balaban J connectivity index is 2.49. The summed E-state index contributed by atoms with van der Waals surface area (Å²) in [6.07, 6.45) is 1.50. The SMILES string of the molecule is Cc1ccc(C(C)(S)c2cccc[n+]2[O-])cc1. The van der Waals surface area contributed by atoms with Gasteiger partial charge in [0.2, 0.25) is 5.69 Å². The van der Waals surface area contributed by atoms with Crippen molar-refractivity contribution in [3.63, 3.8) is 0 Å². The zero-order valence-corrected chi connectivity index (χ0v) is 10.8. The predicted molar refractivity (Wildman–Crippen MR) is 72.0 cm³/mol. The molecular weight excluding hydrogens is 230 g/mol. The molecule has 0 fully saturated rings. The number of nitrogens with zero attached hydrogens (tertiary/aromatic N) is 1. The summed E-state index contributed by atoms with van der Waals surface area (Å²) in [6.45, 7) is 3.97. The van der Waals surface area contributed by atoms with Gasteiger partial charge in [-0.1, -0.05) is 29.8 Å². The molecule has 1 atom stereocenters. The fraction of sp³-hybridized carbons (Fsp3) is 0.214. The Hall–Kier alpha value is -1.48. The highest BCUT2D eigenvalue weighted by Crippen LogP contribution is 2.33. The molecule has 1 unspecified atom stereocenters. The maximum atomic E-state index is 11.8. The number of aryl methyl sites for hydroxylation is 1. The first-order valence-corrected chi connectivity index (χ1v) is 5.95. The van der Waals surface area contributed by atoms with Gasteiger partial charge in [0.25, 0.3) is 0 Å². The molecule has 2 rings (SSSR count). The summed E-state index contributed by atoms with van der Waals surface area (Å²) in [5.74, 6) is 0. The van der Waals surface area contributed by atoms with Crippen LogP contribution in [0.3, 0.4) is 0 Å². The van der Waals surface area contributed by atoms with Crippen molar-refractivity contribution in [1.29, 1.82) is 0 Å². The number of hydrogen-bond donors (Lipinski definition) is 1. The molecule has 1 aromatic carbocycles. The minimum atomic E-state index is -0.587. The summed E-state index contributed by atoms with van der Waals surface area (Å²) in [4.78, 5) is 0. The lowest BCUT2D eigenvalue weighted by Gasteiger charge is -2.22. The maximum absolute atomic E-state index is 11.8. The third kappa shape index (κ3) is 2.29. The van der Waals surface area contributed by atoms with Gasteiger partial charge in [-0.05, 0) is 25.5 Å². The Morgan fingerprint density at radius 3 is 2.35 bits per heavy atom. The molecule has 3 heteroatoms.